The van der Waals surface area contributed by atoms with Gasteiger partial charge in [0.1, 0.15) is 12.1 Å². The lowest BCUT2D eigenvalue weighted by atomic mass is 10.2. The van der Waals surface area contributed by atoms with E-state index in [0.717, 1.165) is 6.07 Å². The molecule has 7 nitrogen and oxygen atoms in total. The Morgan fingerprint density at radius 3 is 2.70 bits per heavy atom. The number of nitrogens with one attached hydrogen (secondary N) is 1. The van der Waals surface area contributed by atoms with Crippen LogP contribution in [0.15, 0.2) is 55.4 Å². The number of rotatable bonds is 4. The number of halogens is 1. The van der Waals surface area contributed by atoms with E-state index in [1.54, 1.807) is 0 Å². The molecule has 1 amide bonds. The number of carbonyl (C=O) groups excluding carboxylic acids is 1. The Kier molecular flexibility index (Phi) is 4.14. The zero-order valence-electron chi connectivity index (χ0n) is 11.7. The summed E-state index contributed by atoms with van der Waals surface area (Å²) in [6.45, 7) is 0. The molecule has 2 aromatic heterocycles. The maximum atomic E-state index is 13.1. The molecule has 0 aliphatic heterocycles. The molecule has 0 radical (unpaired) electrons. The number of aromatic nitrogens is 4. The van der Waals surface area contributed by atoms with Crippen LogP contribution in [-0.2, 0) is 0 Å². The molecular weight excluding hydrogens is 301 g/mol. The van der Waals surface area contributed by atoms with Crippen LogP contribution >= 0.6 is 0 Å². The van der Waals surface area contributed by atoms with E-state index in [-0.39, 0.29) is 17.3 Å². The van der Waals surface area contributed by atoms with Crippen molar-refractivity contribution in [1.82, 2.24) is 19.9 Å². The molecule has 0 aliphatic rings. The minimum absolute atomic E-state index is 0.164. The maximum absolute atomic E-state index is 13.1. The summed E-state index contributed by atoms with van der Waals surface area (Å²) in [7, 11) is 0. The van der Waals surface area contributed by atoms with Gasteiger partial charge in [0.25, 0.3) is 5.91 Å². The molecule has 114 valence electrons. The summed E-state index contributed by atoms with van der Waals surface area (Å²) < 4.78 is 18.5. The van der Waals surface area contributed by atoms with Gasteiger partial charge in [-0.1, -0.05) is 6.07 Å². The predicted molar refractivity (Wildman–Crippen MR) is 78.5 cm³/mol. The molecule has 0 saturated heterocycles. The van der Waals surface area contributed by atoms with Crippen LogP contribution in [0, 0.1) is 5.82 Å². The van der Waals surface area contributed by atoms with Crippen molar-refractivity contribution in [3.05, 3.63) is 66.8 Å². The van der Waals surface area contributed by atoms with Gasteiger partial charge < -0.3 is 10.1 Å². The molecule has 1 aromatic carbocycles. The fourth-order valence-corrected chi connectivity index (χ4v) is 1.73. The van der Waals surface area contributed by atoms with Crippen LogP contribution in [-0.4, -0.2) is 25.8 Å². The van der Waals surface area contributed by atoms with E-state index in [1.165, 1.54) is 49.3 Å². The SMILES string of the molecule is O=C(Nc1cncc(Oc2cncnc2)n1)c1cccc(F)c1. The van der Waals surface area contributed by atoms with Crippen molar-refractivity contribution >= 4 is 11.7 Å². The van der Waals surface area contributed by atoms with Crippen LogP contribution in [0.25, 0.3) is 0 Å². The maximum Gasteiger partial charge on any atom is 0.256 e. The first-order valence-electron chi connectivity index (χ1n) is 6.52. The van der Waals surface area contributed by atoms with E-state index in [4.69, 9.17) is 4.74 Å². The van der Waals surface area contributed by atoms with Gasteiger partial charge in [0.2, 0.25) is 5.88 Å². The lowest BCUT2D eigenvalue weighted by molar-refractivity contribution is 0.102. The lowest BCUT2D eigenvalue weighted by Gasteiger charge is -2.07. The highest BCUT2D eigenvalue weighted by molar-refractivity contribution is 6.03. The van der Waals surface area contributed by atoms with Crippen molar-refractivity contribution in [2.45, 2.75) is 0 Å². The Morgan fingerprint density at radius 2 is 1.91 bits per heavy atom. The average Bonchev–Trinajstić information content (AvgIpc) is 2.56. The van der Waals surface area contributed by atoms with Gasteiger partial charge in [-0.05, 0) is 18.2 Å². The Bertz CT molecular complexity index is 829. The van der Waals surface area contributed by atoms with E-state index in [1.807, 2.05) is 0 Å². The summed E-state index contributed by atoms with van der Waals surface area (Å²) in [6, 6.07) is 5.33. The monoisotopic (exact) mass is 311 g/mol. The van der Waals surface area contributed by atoms with Crippen LogP contribution in [0.4, 0.5) is 10.2 Å². The number of carbonyl (C=O) groups is 1. The van der Waals surface area contributed by atoms with E-state index < -0.39 is 11.7 Å². The average molecular weight is 311 g/mol. The number of amides is 1. The molecule has 0 unspecified atom stereocenters. The second-order valence-electron chi connectivity index (χ2n) is 4.38. The Labute approximate surface area is 130 Å². The highest BCUT2D eigenvalue weighted by Crippen LogP contribution is 2.17. The normalized spacial score (nSPS) is 10.1. The van der Waals surface area contributed by atoms with Crippen molar-refractivity contribution in [3.63, 3.8) is 0 Å². The van der Waals surface area contributed by atoms with Crippen LogP contribution in [0.3, 0.4) is 0 Å². The van der Waals surface area contributed by atoms with Gasteiger partial charge in [0.15, 0.2) is 11.6 Å². The minimum Gasteiger partial charge on any atom is -0.434 e. The van der Waals surface area contributed by atoms with Gasteiger partial charge in [-0.3, -0.25) is 9.78 Å². The largest absolute Gasteiger partial charge is 0.434 e. The zero-order chi connectivity index (χ0) is 16.1. The number of hydrogen-bond acceptors (Lipinski definition) is 6. The summed E-state index contributed by atoms with van der Waals surface area (Å²) in [5.74, 6) is -0.273. The Balaban J connectivity index is 1.74. The van der Waals surface area contributed by atoms with Crippen molar-refractivity contribution in [1.29, 1.82) is 0 Å². The fourth-order valence-electron chi connectivity index (χ4n) is 1.73. The standard InChI is InChI=1S/C15H10FN5O2/c16-11-3-1-2-10(4-11)15(22)21-13-7-17-8-14(20-13)23-12-5-18-9-19-6-12/h1-9H,(H,20,21,22). The van der Waals surface area contributed by atoms with Gasteiger partial charge in [-0.25, -0.2) is 14.4 Å². The highest BCUT2D eigenvalue weighted by Gasteiger charge is 2.09. The molecule has 2 heterocycles. The predicted octanol–water partition coefficient (Wildman–Crippen LogP) is 2.45. The lowest BCUT2D eigenvalue weighted by Crippen LogP contribution is -2.13. The topological polar surface area (TPSA) is 89.9 Å². The fraction of sp³-hybridized carbons (Fsp3) is 0. The second kappa shape index (κ2) is 6.56. The first kappa shape index (κ1) is 14.5. The van der Waals surface area contributed by atoms with Gasteiger partial charge in [0, 0.05) is 5.56 Å². The van der Waals surface area contributed by atoms with Crippen LogP contribution in [0.5, 0.6) is 11.6 Å². The van der Waals surface area contributed by atoms with Crippen LogP contribution < -0.4 is 10.1 Å². The van der Waals surface area contributed by atoms with Gasteiger partial charge >= 0.3 is 0 Å². The molecule has 0 aliphatic carbocycles. The van der Waals surface area contributed by atoms with E-state index >= 15 is 0 Å². The molecule has 3 aromatic rings. The Hall–Kier alpha value is -3.42. The number of hydrogen-bond donors (Lipinski definition) is 1. The number of nitrogens with zero attached hydrogens (tertiary/aromatic N) is 4. The molecule has 0 fully saturated rings. The summed E-state index contributed by atoms with van der Waals surface area (Å²) >= 11 is 0. The third kappa shape index (κ3) is 3.82. The van der Waals surface area contributed by atoms with Crippen LogP contribution in [0.2, 0.25) is 0 Å². The molecule has 0 bridgehead atoms. The van der Waals surface area contributed by atoms with E-state index in [0.29, 0.717) is 5.75 Å². The Morgan fingerprint density at radius 1 is 1.09 bits per heavy atom. The van der Waals surface area contributed by atoms with Crippen molar-refractivity contribution in [3.8, 4) is 11.6 Å². The highest BCUT2D eigenvalue weighted by atomic mass is 19.1. The summed E-state index contributed by atoms with van der Waals surface area (Å²) in [4.78, 5) is 27.7. The van der Waals surface area contributed by atoms with Crippen LogP contribution in [0.1, 0.15) is 10.4 Å². The van der Waals surface area contributed by atoms with Gasteiger partial charge in [0.05, 0.1) is 24.8 Å². The van der Waals surface area contributed by atoms with Crippen molar-refractivity contribution in [2.24, 2.45) is 0 Å². The minimum atomic E-state index is -0.501. The molecular formula is C15H10FN5O2. The quantitative estimate of drug-likeness (QED) is 0.796. The van der Waals surface area contributed by atoms with Gasteiger partial charge in [-0.15, -0.1) is 0 Å². The molecule has 3 rings (SSSR count). The summed E-state index contributed by atoms with van der Waals surface area (Å²) in [6.07, 6.45) is 7.03. The van der Waals surface area contributed by atoms with Gasteiger partial charge in [-0.2, -0.15) is 4.98 Å². The number of anilines is 1. The molecule has 0 atom stereocenters. The number of benzene rings is 1. The molecule has 0 saturated carbocycles. The van der Waals surface area contributed by atoms with Crippen molar-refractivity contribution < 1.29 is 13.9 Å². The molecule has 23 heavy (non-hydrogen) atoms. The van der Waals surface area contributed by atoms with Crippen molar-refractivity contribution in [2.75, 3.05) is 5.32 Å². The molecule has 0 spiro atoms. The third-order valence-electron chi connectivity index (χ3n) is 2.70. The molecule has 1 N–H and O–H groups in total. The molecule has 8 heteroatoms. The number of ether oxygens (including phenoxy) is 1. The summed E-state index contributed by atoms with van der Waals surface area (Å²) in [5.41, 5.74) is 0.176. The van der Waals surface area contributed by atoms with E-state index in [9.17, 15) is 9.18 Å². The zero-order valence-corrected chi connectivity index (χ0v) is 11.7. The first-order valence-corrected chi connectivity index (χ1v) is 6.52. The van der Waals surface area contributed by atoms with E-state index in [2.05, 4.69) is 25.3 Å². The first-order chi connectivity index (χ1) is 11.2. The second-order valence-corrected chi connectivity index (χ2v) is 4.38. The summed E-state index contributed by atoms with van der Waals surface area (Å²) in [5, 5.41) is 2.52. The smallest absolute Gasteiger partial charge is 0.256 e. The third-order valence-corrected chi connectivity index (χ3v) is 2.70.